The summed E-state index contributed by atoms with van der Waals surface area (Å²) < 4.78 is 15.8. The molecule has 0 bridgehead atoms. The van der Waals surface area contributed by atoms with Gasteiger partial charge < -0.3 is 10.0 Å². The van der Waals surface area contributed by atoms with Gasteiger partial charge in [-0.05, 0) is 12.8 Å². The lowest BCUT2D eigenvalue weighted by Gasteiger charge is -2.17. The van der Waals surface area contributed by atoms with Crippen molar-refractivity contribution in [1.82, 2.24) is 14.7 Å². The van der Waals surface area contributed by atoms with E-state index in [-0.39, 0.29) is 18.9 Å². The minimum atomic E-state index is -2.34. The third-order valence-corrected chi connectivity index (χ3v) is 3.76. The predicted octanol–water partition coefficient (Wildman–Crippen LogP) is 1.49. The molecule has 0 aromatic carbocycles. The minimum absolute atomic E-state index is 0.108. The SMILES string of the molecule is Cc1c(C(=O)N2CCC(F)(C(=O)O)C2)cnn1CC(C)C. The number of alkyl halides is 1. The third-order valence-electron chi connectivity index (χ3n) is 3.76. The molecule has 7 heteroatoms. The quantitative estimate of drug-likeness (QED) is 0.913. The second kappa shape index (κ2) is 5.46. The average Bonchev–Trinajstić information content (AvgIpc) is 2.95. The molecule has 1 fully saturated rings. The van der Waals surface area contributed by atoms with E-state index < -0.39 is 18.2 Å². The van der Waals surface area contributed by atoms with Gasteiger partial charge in [0.15, 0.2) is 0 Å². The van der Waals surface area contributed by atoms with Crippen molar-refractivity contribution in [2.75, 3.05) is 13.1 Å². The Morgan fingerprint density at radius 3 is 2.71 bits per heavy atom. The zero-order valence-corrected chi connectivity index (χ0v) is 12.5. The molecule has 0 spiro atoms. The van der Waals surface area contributed by atoms with Gasteiger partial charge in [0.2, 0.25) is 5.67 Å². The van der Waals surface area contributed by atoms with E-state index in [4.69, 9.17) is 5.11 Å². The highest BCUT2D eigenvalue weighted by Gasteiger charge is 2.47. The molecule has 1 aliphatic rings. The van der Waals surface area contributed by atoms with E-state index in [1.807, 2.05) is 13.8 Å². The van der Waals surface area contributed by atoms with Crippen LogP contribution < -0.4 is 0 Å². The summed E-state index contributed by atoms with van der Waals surface area (Å²) in [5.41, 5.74) is -1.21. The Bertz CT molecular complexity index is 570. The van der Waals surface area contributed by atoms with Gasteiger partial charge in [-0.3, -0.25) is 9.48 Å². The predicted molar refractivity (Wildman–Crippen MR) is 73.8 cm³/mol. The summed E-state index contributed by atoms with van der Waals surface area (Å²) in [6, 6.07) is 0. The zero-order chi connectivity index (χ0) is 15.8. The van der Waals surface area contributed by atoms with Crippen LogP contribution in [0.15, 0.2) is 6.20 Å². The number of hydrogen-bond donors (Lipinski definition) is 1. The van der Waals surface area contributed by atoms with Gasteiger partial charge in [0.05, 0.1) is 18.3 Å². The number of carbonyl (C=O) groups is 2. The lowest BCUT2D eigenvalue weighted by Crippen LogP contribution is -2.39. The van der Waals surface area contributed by atoms with Gasteiger partial charge in [-0.15, -0.1) is 0 Å². The fourth-order valence-corrected chi connectivity index (χ4v) is 2.48. The molecule has 1 atom stereocenters. The average molecular weight is 297 g/mol. The van der Waals surface area contributed by atoms with Gasteiger partial charge in [-0.1, -0.05) is 13.8 Å². The summed E-state index contributed by atoms with van der Waals surface area (Å²) in [5.74, 6) is -1.47. The van der Waals surface area contributed by atoms with Gasteiger partial charge in [0.25, 0.3) is 5.91 Å². The van der Waals surface area contributed by atoms with Gasteiger partial charge in [-0.25, -0.2) is 9.18 Å². The molecule has 1 amide bonds. The molecular weight excluding hydrogens is 277 g/mol. The lowest BCUT2D eigenvalue weighted by molar-refractivity contribution is -0.149. The highest BCUT2D eigenvalue weighted by atomic mass is 19.1. The van der Waals surface area contributed by atoms with E-state index in [9.17, 15) is 14.0 Å². The number of carbonyl (C=O) groups excluding carboxylic acids is 1. The Hall–Kier alpha value is -1.92. The number of hydrogen-bond acceptors (Lipinski definition) is 3. The molecule has 6 nitrogen and oxygen atoms in total. The first-order valence-corrected chi connectivity index (χ1v) is 6.98. The molecule has 1 unspecified atom stereocenters. The summed E-state index contributed by atoms with van der Waals surface area (Å²) >= 11 is 0. The number of rotatable bonds is 4. The molecule has 0 aliphatic carbocycles. The van der Waals surface area contributed by atoms with Crippen LogP contribution in [0, 0.1) is 12.8 Å². The first-order valence-electron chi connectivity index (χ1n) is 6.98. The Balaban J connectivity index is 2.15. The highest BCUT2D eigenvalue weighted by Crippen LogP contribution is 2.27. The maximum Gasteiger partial charge on any atom is 0.343 e. The molecule has 1 aliphatic heterocycles. The first kappa shape index (κ1) is 15.5. The monoisotopic (exact) mass is 297 g/mol. The smallest absolute Gasteiger partial charge is 0.343 e. The van der Waals surface area contributed by atoms with Crippen molar-refractivity contribution < 1.29 is 19.1 Å². The summed E-state index contributed by atoms with van der Waals surface area (Å²) in [4.78, 5) is 24.5. The molecule has 2 heterocycles. The third kappa shape index (κ3) is 2.91. The van der Waals surface area contributed by atoms with Crippen LogP contribution in [0.4, 0.5) is 4.39 Å². The Labute approximate surface area is 122 Å². The van der Waals surface area contributed by atoms with Crippen molar-refractivity contribution in [2.24, 2.45) is 5.92 Å². The molecule has 1 N–H and O–H groups in total. The normalized spacial score (nSPS) is 22.0. The Morgan fingerprint density at radius 1 is 1.52 bits per heavy atom. The number of likely N-dealkylation sites (tertiary alicyclic amines) is 1. The first-order chi connectivity index (χ1) is 9.74. The van der Waals surface area contributed by atoms with Crippen molar-refractivity contribution in [2.45, 2.75) is 39.4 Å². The van der Waals surface area contributed by atoms with Crippen LogP contribution in [0.2, 0.25) is 0 Å². The zero-order valence-electron chi connectivity index (χ0n) is 12.5. The van der Waals surface area contributed by atoms with Crippen molar-refractivity contribution in [3.05, 3.63) is 17.5 Å². The molecular formula is C14H20FN3O3. The van der Waals surface area contributed by atoms with Crippen LogP contribution in [-0.4, -0.2) is 50.4 Å². The Kier molecular flexibility index (Phi) is 4.02. The molecule has 1 saturated heterocycles. The molecule has 2 rings (SSSR count). The van der Waals surface area contributed by atoms with Crippen LogP contribution in [0.5, 0.6) is 0 Å². The van der Waals surface area contributed by atoms with E-state index in [0.29, 0.717) is 18.0 Å². The second-order valence-corrected chi connectivity index (χ2v) is 5.97. The number of carboxylic acids is 1. The van der Waals surface area contributed by atoms with E-state index in [1.54, 1.807) is 11.6 Å². The van der Waals surface area contributed by atoms with Gasteiger partial charge in [-0.2, -0.15) is 5.10 Å². The van der Waals surface area contributed by atoms with Gasteiger partial charge in [0, 0.05) is 25.2 Å². The maximum absolute atomic E-state index is 14.0. The second-order valence-electron chi connectivity index (χ2n) is 5.97. The minimum Gasteiger partial charge on any atom is -0.479 e. The molecule has 1 aromatic heterocycles. The summed E-state index contributed by atoms with van der Waals surface area (Å²) in [5, 5.41) is 13.0. The molecule has 21 heavy (non-hydrogen) atoms. The highest BCUT2D eigenvalue weighted by molar-refractivity contribution is 5.96. The van der Waals surface area contributed by atoms with Crippen molar-refractivity contribution in [3.8, 4) is 0 Å². The number of aromatic nitrogens is 2. The molecule has 1 aromatic rings. The van der Waals surface area contributed by atoms with Crippen molar-refractivity contribution in [1.29, 1.82) is 0 Å². The Morgan fingerprint density at radius 2 is 2.19 bits per heavy atom. The van der Waals surface area contributed by atoms with Crippen molar-refractivity contribution >= 4 is 11.9 Å². The summed E-state index contributed by atoms with van der Waals surface area (Å²) in [6.07, 6.45) is 1.30. The number of carboxylic acid groups (broad SMARTS) is 1. The largest absolute Gasteiger partial charge is 0.479 e. The topological polar surface area (TPSA) is 75.4 Å². The summed E-state index contributed by atoms with van der Waals surface area (Å²) in [6.45, 7) is 6.28. The number of halogens is 1. The summed E-state index contributed by atoms with van der Waals surface area (Å²) in [7, 11) is 0. The molecule has 116 valence electrons. The fraction of sp³-hybridized carbons (Fsp3) is 0.643. The van der Waals surface area contributed by atoms with Gasteiger partial charge >= 0.3 is 5.97 Å². The van der Waals surface area contributed by atoms with E-state index >= 15 is 0 Å². The van der Waals surface area contributed by atoms with Crippen LogP contribution in [-0.2, 0) is 11.3 Å². The van der Waals surface area contributed by atoms with Crippen LogP contribution >= 0.6 is 0 Å². The number of nitrogens with zero attached hydrogens (tertiary/aromatic N) is 3. The van der Waals surface area contributed by atoms with E-state index in [2.05, 4.69) is 5.10 Å². The fourth-order valence-electron chi connectivity index (χ4n) is 2.48. The molecule has 0 radical (unpaired) electrons. The van der Waals surface area contributed by atoms with Crippen LogP contribution in [0.1, 0.15) is 36.3 Å². The number of amides is 1. The van der Waals surface area contributed by atoms with Crippen molar-refractivity contribution in [3.63, 3.8) is 0 Å². The van der Waals surface area contributed by atoms with Crippen LogP contribution in [0.25, 0.3) is 0 Å². The van der Waals surface area contributed by atoms with Gasteiger partial charge in [0.1, 0.15) is 0 Å². The van der Waals surface area contributed by atoms with E-state index in [0.717, 1.165) is 5.69 Å². The maximum atomic E-state index is 14.0. The molecule has 0 saturated carbocycles. The van der Waals surface area contributed by atoms with Crippen LogP contribution in [0.3, 0.4) is 0 Å². The number of aliphatic carboxylic acids is 1. The van der Waals surface area contributed by atoms with E-state index in [1.165, 1.54) is 11.1 Å². The lowest BCUT2D eigenvalue weighted by atomic mass is 10.1. The standard InChI is InChI=1S/C14H20FN3O3/c1-9(2)7-18-10(3)11(6-16-18)12(19)17-5-4-14(15,8-17)13(20)21/h6,9H,4-5,7-8H2,1-3H3,(H,20,21).